The summed E-state index contributed by atoms with van der Waals surface area (Å²) in [6.07, 6.45) is 3.20. The minimum atomic E-state index is -0.122. The molecule has 0 fully saturated rings. The Labute approximate surface area is 124 Å². The second kappa shape index (κ2) is 7.22. The number of carbonyl (C=O) groups excluding carboxylic acids is 1. The third kappa shape index (κ3) is 4.16. The van der Waals surface area contributed by atoms with Crippen LogP contribution in [0, 0.1) is 11.8 Å². The van der Waals surface area contributed by atoms with Crippen LogP contribution in [-0.4, -0.2) is 17.4 Å². The molecule has 4 heteroatoms. The Morgan fingerprint density at radius 2 is 2.10 bits per heavy atom. The van der Waals surface area contributed by atoms with Crippen LogP contribution in [0.3, 0.4) is 0 Å². The smallest absolute Gasteiger partial charge is 0.251 e. The van der Waals surface area contributed by atoms with Crippen molar-refractivity contribution in [1.29, 1.82) is 0 Å². The fourth-order valence-corrected chi connectivity index (χ4v) is 1.91. The summed E-state index contributed by atoms with van der Waals surface area (Å²) < 4.78 is 0. The van der Waals surface area contributed by atoms with E-state index in [9.17, 15) is 4.79 Å². The molecule has 1 heterocycles. The van der Waals surface area contributed by atoms with E-state index in [4.69, 9.17) is 5.73 Å². The molecular weight excluding hydrogens is 262 g/mol. The molecule has 106 valence electrons. The molecule has 1 atom stereocenters. The monoisotopic (exact) mass is 279 g/mol. The molecule has 1 unspecified atom stereocenters. The molecule has 21 heavy (non-hydrogen) atoms. The fraction of sp³-hybridized carbons (Fsp3) is 0.176. The zero-order valence-corrected chi connectivity index (χ0v) is 11.8. The molecule has 1 aromatic heterocycles. The molecule has 0 aliphatic carbocycles. The first-order valence-corrected chi connectivity index (χ1v) is 6.70. The Morgan fingerprint density at radius 1 is 1.33 bits per heavy atom. The molecule has 0 radical (unpaired) electrons. The number of pyridine rings is 1. The Kier molecular flexibility index (Phi) is 5.08. The average molecular weight is 279 g/mol. The summed E-state index contributed by atoms with van der Waals surface area (Å²) in [4.78, 5) is 16.0. The van der Waals surface area contributed by atoms with E-state index >= 15 is 0 Å². The highest BCUT2D eigenvalue weighted by Gasteiger charge is 2.11. The number of nitrogens with two attached hydrogens (primary N) is 1. The van der Waals surface area contributed by atoms with E-state index in [-0.39, 0.29) is 11.9 Å². The maximum atomic E-state index is 12.1. The number of carbonyl (C=O) groups is 1. The lowest BCUT2D eigenvalue weighted by Crippen LogP contribution is -2.26. The number of aromatic nitrogens is 1. The van der Waals surface area contributed by atoms with Gasteiger partial charge in [0.15, 0.2) is 0 Å². The van der Waals surface area contributed by atoms with Crippen molar-refractivity contribution in [2.24, 2.45) is 5.73 Å². The van der Waals surface area contributed by atoms with Gasteiger partial charge in [0.05, 0.1) is 12.6 Å². The van der Waals surface area contributed by atoms with Crippen LogP contribution in [0.5, 0.6) is 0 Å². The van der Waals surface area contributed by atoms with E-state index in [0.717, 1.165) is 11.1 Å². The van der Waals surface area contributed by atoms with Gasteiger partial charge in [0.2, 0.25) is 0 Å². The number of nitrogens with one attached hydrogen (secondary N) is 1. The highest BCUT2D eigenvalue weighted by Crippen LogP contribution is 2.14. The summed E-state index contributed by atoms with van der Waals surface area (Å²) >= 11 is 0. The van der Waals surface area contributed by atoms with E-state index in [1.165, 1.54) is 0 Å². The maximum Gasteiger partial charge on any atom is 0.251 e. The molecule has 1 amide bonds. The number of hydrogen-bond donors (Lipinski definition) is 2. The molecule has 4 nitrogen and oxygen atoms in total. The highest BCUT2D eigenvalue weighted by molar-refractivity contribution is 5.94. The van der Waals surface area contributed by atoms with Crippen molar-refractivity contribution in [3.05, 3.63) is 65.5 Å². The largest absolute Gasteiger partial charge is 0.346 e. The predicted octanol–water partition coefficient (Wildman–Crippen LogP) is 1.88. The molecule has 0 saturated carbocycles. The first-order valence-electron chi connectivity index (χ1n) is 6.70. The first kappa shape index (κ1) is 14.8. The van der Waals surface area contributed by atoms with E-state index in [1.54, 1.807) is 24.5 Å². The van der Waals surface area contributed by atoms with Crippen molar-refractivity contribution in [3.63, 3.8) is 0 Å². The van der Waals surface area contributed by atoms with Gasteiger partial charge in [0.1, 0.15) is 0 Å². The zero-order chi connectivity index (χ0) is 15.1. The van der Waals surface area contributed by atoms with Crippen LogP contribution in [0.1, 0.15) is 34.5 Å². The van der Waals surface area contributed by atoms with Crippen molar-refractivity contribution >= 4 is 5.91 Å². The Balaban J connectivity index is 2.10. The second-order valence-corrected chi connectivity index (χ2v) is 4.56. The van der Waals surface area contributed by atoms with Gasteiger partial charge in [-0.3, -0.25) is 9.78 Å². The third-order valence-corrected chi connectivity index (χ3v) is 3.01. The molecule has 0 spiro atoms. The van der Waals surface area contributed by atoms with Gasteiger partial charge in [0, 0.05) is 23.5 Å². The van der Waals surface area contributed by atoms with Gasteiger partial charge in [-0.25, -0.2) is 0 Å². The predicted molar refractivity (Wildman–Crippen MR) is 82.5 cm³/mol. The second-order valence-electron chi connectivity index (χ2n) is 4.56. The lowest BCUT2D eigenvalue weighted by molar-refractivity contribution is 0.0940. The SMILES string of the molecule is CC(NC(=O)c1ccncc1)c1cccc(C#CCN)c1. The van der Waals surface area contributed by atoms with E-state index in [0.29, 0.717) is 12.1 Å². The molecule has 0 bridgehead atoms. The number of rotatable bonds is 3. The van der Waals surface area contributed by atoms with Crippen LogP contribution < -0.4 is 11.1 Å². The molecule has 0 aliphatic rings. The highest BCUT2D eigenvalue weighted by atomic mass is 16.1. The molecule has 3 N–H and O–H groups in total. The van der Waals surface area contributed by atoms with Gasteiger partial charge in [-0.2, -0.15) is 0 Å². The summed E-state index contributed by atoms with van der Waals surface area (Å²) in [5.41, 5.74) is 7.86. The van der Waals surface area contributed by atoms with Gasteiger partial charge in [0.25, 0.3) is 5.91 Å². The Bertz CT molecular complexity index is 671. The molecule has 1 aromatic carbocycles. The Hall–Kier alpha value is -2.64. The minimum Gasteiger partial charge on any atom is -0.346 e. The van der Waals surface area contributed by atoms with E-state index in [2.05, 4.69) is 22.1 Å². The zero-order valence-electron chi connectivity index (χ0n) is 11.8. The van der Waals surface area contributed by atoms with Gasteiger partial charge in [-0.05, 0) is 36.8 Å². The van der Waals surface area contributed by atoms with Crippen molar-refractivity contribution in [2.75, 3.05) is 6.54 Å². The fourth-order valence-electron chi connectivity index (χ4n) is 1.91. The quantitative estimate of drug-likeness (QED) is 0.843. The summed E-state index contributed by atoms with van der Waals surface area (Å²) in [5, 5.41) is 2.96. The van der Waals surface area contributed by atoms with Gasteiger partial charge in [-0.1, -0.05) is 24.0 Å². The first-order chi connectivity index (χ1) is 10.2. The third-order valence-electron chi connectivity index (χ3n) is 3.01. The van der Waals surface area contributed by atoms with Crippen LogP contribution in [0.15, 0.2) is 48.8 Å². The molecule has 0 saturated heterocycles. The van der Waals surface area contributed by atoms with Crippen molar-refractivity contribution < 1.29 is 4.79 Å². The molecule has 0 aliphatic heterocycles. The van der Waals surface area contributed by atoms with Gasteiger partial charge in [-0.15, -0.1) is 0 Å². The summed E-state index contributed by atoms with van der Waals surface area (Å²) in [5.74, 6) is 5.69. The minimum absolute atomic E-state index is 0.106. The molecule has 2 rings (SSSR count). The van der Waals surface area contributed by atoms with Crippen molar-refractivity contribution in [3.8, 4) is 11.8 Å². The average Bonchev–Trinajstić information content (AvgIpc) is 2.54. The number of nitrogens with zero attached hydrogens (tertiary/aromatic N) is 1. The summed E-state index contributed by atoms with van der Waals surface area (Å²) in [6.45, 7) is 2.27. The topological polar surface area (TPSA) is 68.0 Å². The lowest BCUT2D eigenvalue weighted by atomic mass is 10.0. The Morgan fingerprint density at radius 3 is 2.81 bits per heavy atom. The molecule has 2 aromatic rings. The van der Waals surface area contributed by atoms with Crippen LogP contribution in [0.25, 0.3) is 0 Å². The number of benzene rings is 1. The lowest BCUT2D eigenvalue weighted by Gasteiger charge is -2.14. The van der Waals surface area contributed by atoms with Crippen LogP contribution in [0.4, 0.5) is 0 Å². The van der Waals surface area contributed by atoms with Crippen molar-refractivity contribution in [1.82, 2.24) is 10.3 Å². The maximum absolute atomic E-state index is 12.1. The summed E-state index contributed by atoms with van der Waals surface area (Å²) in [7, 11) is 0. The van der Waals surface area contributed by atoms with Gasteiger partial charge >= 0.3 is 0 Å². The normalized spacial score (nSPS) is 11.1. The van der Waals surface area contributed by atoms with E-state index < -0.39 is 0 Å². The van der Waals surface area contributed by atoms with E-state index in [1.807, 2.05) is 31.2 Å². The molecular formula is C17H17N3O. The van der Waals surface area contributed by atoms with Gasteiger partial charge < -0.3 is 11.1 Å². The van der Waals surface area contributed by atoms with Crippen molar-refractivity contribution in [2.45, 2.75) is 13.0 Å². The standard InChI is InChI=1S/C17H17N3O/c1-13(20-17(21)15-7-10-19-11-8-15)16-6-2-4-14(12-16)5-3-9-18/h2,4,6-8,10-13H,9,18H2,1H3,(H,20,21). The number of amides is 1. The van der Waals surface area contributed by atoms with Crippen LogP contribution >= 0.6 is 0 Å². The van der Waals surface area contributed by atoms with Crippen LogP contribution in [0.2, 0.25) is 0 Å². The summed E-state index contributed by atoms with van der Waals surface area (Å²) in [6, 6.07) is 11.0. The number of hydrogen-bond acceptors (Lipinski definition) is 3. The van der Waals surface area contributed by atoms with Crippen LogP contribution in [-0.2, 0) is 0 Å².